The molecule has 0 unspecified atom stereocenters. The van der Waals surface area contributed by atoms with Gasteiger partial charge in [0, 0.05) is 11.1 Å². The first kappa shape index (κ1) is 12.7. The van der Waals surface area contributed by atoms with Crippen molar-refractivity contribution in [3.8, 4) is 0 Å². The SMILES string of the molecule is CC(C)(c1ccc(N)cc1)c1nc2ccc(F)cc2[nH]1. The third kappa shape index (κ3) is 2.03. The quantitative estimate of drug-likeness (QED) is 0.698. The number of hydrogen-bond donors (Lipinski definition) is 2. The van der Waals surface area contributed by atoms with Crippen molar-refractivity contribution in [2.45, 2.75) is 19.3 Å². The van der Waals surface area contributed by atoms with Gasteiger partial charge in [-0.2, -0.15) is 0 Å². The van der Waals surface area contributed by atoms with Gasteiger partial charge in [-0.25, -0.2) is 9.37 Å². The van der Waals surface area contributed by atoms with E-state index in [1.54, 1.807) is 6.07 Å². The number of nitrogens with two attached hydrogens (primary N) is 1. The highest BCUT2D eigenvalue weighted by molar-refractivity contribution is 5.75. The summed E-state index contributed by atoms with van der Waals surface area (Å²) < 4.78 is 13.2. The van der Waals surface area contributed by atoms with Gasteiger partial charge in [-0.1, -0.05) is 12.1 Å². The molecule has 3 N–H and O–H groups in total. The second-order valence-electron chi connectivity index (χ2n) is 5.49. The molecular weight excluding hydrogens is 253 g/mol. The molecular formula is C16H16FN3. The molecule has 4 heteroatoms. The van der Waals surface area contributed by atoms with Gasteiger partial charge in [0.25, 0.3) is 0 Å². The van der Waals surface area contributed by atoms with Crippen molar-refractivity contribution in [1.82, 2.24) is 9.97 Å². The lowest BCUT2D eigenvalue weighted by Gasteiger charge is -2.22. The van der Waals surface area contributed by atoms with E-state index in [4.69, 9.17) is 5.73 Å². The predicted octanol–water partition coefficient (Wildman–Crippen LogP) is 3.61. The molecule has 0 amide bonds. The van der Waals surface area contributed by atoms with Crippen LogP contribution in [0, 0.1) is 5.82 Å². The molecule has 3 nitrogen and oxygen atoms in total. The van der Waals surface area contributed by atoms with Crippen LogP contribution in [-0.2, 0) is 5.41 Å². The van der Waals surface area contributed by atoms with Crippen LogP contribution in [0.25, 0.3) is 11.0 Å². The molecule has 20 heavy (non-hydrogen) atoms. The Morgan fingerprint density at radius 2 is 1.80 bits per heavy atom. The molecule has 0 aliphatic heterocycles. The van der Waals surface area contributed by atoms with E-state index in [-0.39, 0.29) is 11.2 Å². The minimum Gasteiger partial charge on any atom is -0.399 e. The van der Waals surface area contributed by atoms with E-state index in [9.17, 15) is 4.39 Å². The molecule has 0 radical (unpaired) electrons. The van der Waals surface area contributed by atoms with Crippen LogP contribution in [-0.4, -0.2) is 9.97 Å². The van der Waals surface area contributed by atoms with Gasteiger partial charge in [-0.15, -0.1) is 0 Å². The van der Waals surface area contributed by atoms with Gasteiger partial charge in [0.1, 0.15) is 11.6 Å². The second-order valence-corrected chi connectivity index (χ2v) is 5.49. The van der Waals surface area contributed by atoms with Crippen LogP contribution in [0.15, 0.2) is 42.5 Å². The lowest BCUT2D eigenvalue weighted by Crippen LogP contribution is -2.20. The van der Waals surface area contributed by atoms with Crippen molar-refractivity contribution in [3.63, 3.8) is 0 Å². The zero-order valence-electron chi connectivity index (χ0n) is 11.4. The number of fused-ring (bicyclic) bond motifs is 1. The number of aromatic nitrogens is 2. The Morgan fingerprint density at radius 1 is 1.10 bits per heavy atom. The van der Waals surface area contributed by atoms with E-state index in [2.05, 4.69) is 23.8 Å². The summed E-state index contributed by atoms with van der Waals surface area (Å²) in [4.78, 5) is 7.78. The number of benzene rings is 2. The second kappa shape index (κ2) is 4.34. The first-order valence-electron chi connectivity index (χ1n) is 6.48. The van der Waals surface area contributed by atoms with Gasteiger partial charge < -0.3 is 10.7 Å². The van der Waals surface area contributed by atoms with Crippen molar-refractivity contribution in [2.24, 2.45) is 0 Å². The molecule has 2 aromatic carbocycles. The van der Waals surface area contributed by atoms with E-state index < -0.39 is 0 Å². The summed E-state index contributed by atoms with van der Waals surface area (Å²) in [6.07, 6.45) is 0. The minimum absolute atomic E-state index is 0.266. The summed E-state index contributed by atoms with van der Waals surface area (Å²) in [5, 5.41) is 0. The summed E-state index contributed by atoms with van der Waals surface area (Å²) in [7, 11) is 0. The van der Waals surface area contributed by atoms with Gasteiger partial charge in [0.2, 0.25) is 0 Å². The number of nitrogens with one attached hydrogen (secondary N) is 1. The van der Waals surface area contributed by atoms with Crippen molar-refractivity contribution >= 4 is 16.7 Å². The fraction of sp³-hybridized carbons (Fsp3) is 0.188. The number of imidazole rings is 1. The summed E-state index contributed by atoms with van der Waals surface area (Å²) in [5.41, 5.74) is 8.73. The van der Waals surface area contributed by atoms with Gasteiger partial charge in [-0.3, -0.25) is 0 Å². The first-order chi connectivity index (χ1) is 9.46. The molecule has 0 aliphatic carbocycles. The Morgan fingerprint density at radius 3 is 2.50 bits per heavy atom. The zero-order chi connectivity index (χ0) is 14.3. The number of H-pyrrole nitrogens is 1. The van der Waals surface area contributed by atoms with Crippen LogP contribution in [0.2, 0.25) is 0 Å². The largest absolute Gasteiger partial charge is 0.399 e. The van der Waals surface area contributed by atoms with Gasteiger partial charge >= 0.3 is 0 Å². The topological polar surface area (TPSA) is 54.7 Å². The maximum Gasteiger partial charge on any atom is 0.125 e. The normalized spacial score (nSPS) is 11.9. The van der Waals surface area contributed by atoms with Crippen molar-refractivity contribution < 1.29 is 4.39 Å². The van der Waals surface area contributed by atoms with Crippen LogP contribution in [0.4, 0.5) is 10.1 Å². The maximum absolute atomic E-state index is 13.2. The third-order valence-corrected chi connectivity index (χ3v) is 3.67. The summed E-state index contributed by atoms with van der Waals surface area (Å²) in [6, 6.07) is 12.3. The van der Waals surface area contributed by atoms with Crippen LogP contribution in [0.5, 0.6) is 0 Å². The number of hydrogen-bond acceptors (Lipinski definition) is 2. The zero-order valence-corrected chi connectivity index (χ0v) is 11.4. The molecule has 1 heterocycles. The minimum atomic E-state index is -0.302. The Hall–Kier alpha value is -2.36. The predicted molar refractivity (Wildman–Crippen MR) is 79.0 cm³/mol. The van der Waals surface area contributed by atoms with Crippen LogP contribution in [0.1, 0.15) is 25.2 Å². The van der Waals surface area contributed by atoms with Crippen molar-refractivity contribution in [3.05, 3.63) is 59.7 Å². The van der Waals surface area contributed by atoms with Crippen LogP contribution < -0.4 is 5.73 Å². The molecule has 0 atom stereocenters. The number of nitrogen functional groups attached to an aromatic ring is 1. The van der Waals surface area contributed by atoms with Crippen LogP contribution >= 0.6 is 0 Å². The van der Waals surface area contributed by atoms with Gasteiger partial charge in [-0.05, 0) is 49.7 Å². The Bertz CT molecular complexity index is 757. The molecule has 0 aliphatic rings. The van der Waals surface area contributed by atoms with Gasteiger partial charge in [0.15, 0.2) is 0 Å². The van der Waals surface area contributed by atoms with Gasteiger partial charge in [0.05, 0.1) is 11.0 Å². The lowest BCUT2D eigenvalue weighted by molar-refractivity contribution is 0.601. The number of halogens is 1. The molecule has 0 bridgehead atoms. The molecule has 3 rings (SSSR count). The molecule has 3 aromatic rings. The Balaban J connectivity index is 2.10. The fourth-order valence-electron chi connectivity index (χ4n) is 2.31. The number of nitrogens with zero attached hydrogens (tertiary/aromatic N) is 1. The number of anilines is 1. The Kier molecular flexibility index (Phi) is 2.74. The van der Waals surface area contributed by atoms with Crippen molar-refractivity contribution in [1.29, 1.82) is 0 Å². The summed E-state index contributed by atoms with van der Waals surface area (Å²) in [6.45, 7) is 4.15. The first-order valence-corrected chi connectivity index (χ1v) is 6.48. The summed E-state index contributed by atoms with van der Waals surface area (Å²) >= 11 is 0. The molecule has 102 valence electrons. The molecule has 0 spiro atoms. The van der Waals surface area contributed by atoms with E-state index in [1.165, 1.54) is 12.1 Å². The van der Waals surface area contributed by atoms with E-state index in [0.717, 1.165) is 22.6 Å². The third-order valence-electron chi connectivity index (χ3n) is 3.67. The van der Waals surface area contributed by atoms with E-state index in [0.29, 0.717) is 5.52 Å². The number of rotatable bonds is 2. The smallest absolute Gasteiger partial charge is 0.125 e. The van der Waals surface area contributed by atoms with E-state index >= 15 is 0 Å². The monoisotopic (exact) mass is 269 g/mol. The van der Waals surface area contributed by atoms with E-state index in [1.807, 2.05) is 24.3 Å². The Labute approximate surface area is 116 Å². The molecule has 0 saturated heterocycles. The number of aromatic amines is 1. The lowest BCUT2D eigenvalue weighted by atomic mass is 9.84. The highest BCUT2D eigenvalue weighted by atomic mass is 19.1. The average molecular weight is 269 g/mol. The fourth-order valence-corrected chi connectivity index (χ4v) is 2.31. The average Bonchev–Trinajstić information content (AvgIpc) is 2.83. The summed E-state index contributed by atoms with van der Waals surface area (Å²) in [5.74, 6) is 0.542. The molecule has 1 aromatic heterocycles. The molecule has 0 saturated carbocycles. The molecule has 0 fully saturated rings. The van der Waals surface area contributed by atoms with Crippen LogP contribution in [0.3, 0.4) is 0 Å². The standard InChI is InChI=1S/C16H16FN3/c1-16(2,10-3-6-12(18)7-4-10)15-19-13-8-5-11(17)9-14(13)20-15/h3-9H,18H2,1-2H3,(H,19,20). The maximum atomic E-state index is 13.2. The highest BCUT2D eigenvalue weighted by Gasteiger charge is 2.26. The highest BCUT2D eigenvalue weighted by Crippen LogP contribution is 2.31. The van der Waals surface area contributed by atoms with Crippen molar-refractivity contribution in [2.75, 3.05) is 5.73 Å².